The molecule has 0 bridgehead atoms. The molecule has 5 nitrogen and oxygen atoms in total. The summed E-state index contributed by atoms with van der Waals surface area (Å²) in [6.45, 7) is 3.99. The quantitative estimate of drug-likeness (QED) is 0.311. The van der Waals surface area contributed by atoms with Crippen molar-refractivity contribution in [2.24, 2.45) is 0 Å². The van der Waals surface area contributed by atoms with E-state index in [1.54, 1.807) is 42.5 Å². The summed E-state index contributed by atoms with van der Waals surface area (Å²) in [6.07, 6.45) is 1.64. The Morgan fingerprint density at radius 1 is 1.06 bits per heavy atom. The van der Waals surface area contributed by atoms with E-state index in [9.17, 15) is 14.0 Å². The van der Waals surface area contributed by atoms with Gasteiger partial charge in [0.1, 0.15) is 23.8 Å². The lowest BCUT2D eigenvalue weighted by Crippen LogP contribution is -2.29. The molecule has 1 aliphatic rings. The van der Waals surface area contributed by atoms with Crippen LogP contribution in [-0.2, 0) is 0 Å². The number of hydrogen-bond acceptors (Lipinski definition) is 4. The van der Waals surface area contributed by atoms with Crippen LogP contribution in [0.2, 0.25) is 0 Å². The van der Waals surface area contributed by atoms with Gasteiger partial charge in [-0.25, -0.2) is 4.39 Å². The van der Waals surface area contributed by atoms with Gasteiger partial charge < -0.3 is 9.15 Å². The lowest BCUT2D eigenvalue weighted by molar-refractivity contribution is 0.0971. The van der Waals surface area contributed by atoms with Crippen LogP contribution in [0.15, 0.2) is 93.1 Å². The Balaban J connectivity index is 1.72. The van der Waals surface area contributed by atoms with E-state index in [2.05, 4.69) is 22.5 Å². The predicted molar refractivity (Wildman–Crippen MR) is 127 cm³/mol. The first-order chi connectivity index (χ1) is 16.0. The summed E-state index contributed by atoms with van der Waals surface area (Å²) in [7, 11) is 0. The second-order valence-corrected chi connectivity index (χ2v) is 8.45. The van der Waals surface area contributed by atoms with E-state index in [4.69, 9.17) is 9.15 Å². The fourth-order valence-electron chi connectivity index (χ4n) is 4.03. The number of ether oxygens (including phenoxy) is 1. The van der Waals surface area contributed by atoms with Gasteiger partial charge in [-0.2, -0.15) is 0 Å². The lowest BCUT2D eigenvalue weighted by atomic mass is 9.98. The van der Waals surface area contributed by atoms with Crippen LogP contribution in [0.1, 0.15) is 27.7 Å². The first-order valence-corrected chi connectivity index (χ1v) is 11.0. The Morgan fingerprint density at radius 2 is 1.79 bits per heavy atom. The van der Waals surface area contributed by atoms with Crippen molar-refractivity contribution in [2.45, 2.75) is 6.04 Å². The van der Waals surface area contributed by atoms with Gasteiger partial charge >= 0.3 is 0 Å². The zero-order valence-corrected chi connectivity index (χ0v) is 18.8. The first kappa shape index (κ1) is 21.2. The molecule has 3 aromatic carbocycles. The topological polar surface area (TPSA) is 59.8 Å². The third-order valence-electron chi connectivity index (χ3n) is 5.50. The molecule has 2 heterocycles. The van der Waals surface area contributed by atoms with Crippen LogP contribution in [0.3, 0.4) is 0 Å². The minimum atomic E-state index is -0.744. The molecule has 5 rings (SSSR count). The number of amides is 1. The number of anilines is 1. The van der Waals surface area contributed by atoms with Gasteiger partial charge in [0.25, 0.3) is 5.91 Å². The van der Waals surface area contributed by atoms with E-state index in [1.165, 1.54) is 17.0 Å². The molecule has 164 valence electrons. The van der Waals surface area contributed by atoms with Gasteiger partial charge in [0.2, 0.25) is 5.76 Å². The second kappa shape index (κ2) is 8.33. The highest BCUT2D eigenvalue weighted by Gasteiger charge is 2.43. The van der Waals surface area contributed by atoms with Crippen molar-refractivity contribution < 1.29 is 18.3 Å². The van der Waals surface area contributed by atoms with Crippen molar-refractivity contribution in [3.8, 4) is 5.75 Å². The van der Waals surface area contributed by atoms with Crippen LogP contribution in [0.25, 0.3) is 11.0 Å². The molecule has 1 aliphatic heterocycles. The Kier molecular flexibility index (Phi) is 5.34. The van der Waals surface area contributed by atoms with Crippen molar-refractivity contribution in [1.82, 2.24) is 0 Å². The van der Waals surface area contributed by atoms with Gasteiger partial charge in [0.15, 0.2) is 5.43 Å². The second-order valence-electron chi connectivity index (χ2n) is 7.54. The van der Waals surface area contributed by atoms with Crippen molar-refractivity contribution in [3.05, 3.63) is 117 Å². The summed E-state index contributed by atoms with van der Waals surface area (Å²) in [5, 5.41) is 0.0927. The average Bonchev–Trinajstić information content (AvgIpc) is 3.11. The maximum absolute atomic E-state index is 13.9. The van der Waals surface area contributed by atoms with E-state index in [-0.39, 0.29) is 22.3 Å². The SMILES string of the molecule is C=CCOc1ccc(C2c3c(oc4ccc(F)cc4c3=O)C(=O)N2c2ccc(Br)cc2)cc1. The molecule has 33 heavy (non-hydrogen) atoms. The van der Waals surface area contributed by atoms with Gasteiger partial charge in [-0.15, -0.1) is 0 Å². The average molecular weight is 506 g/mol. The number of hydrogen-bond donors (Lipinski definition) is 0. The van der Waals surface area contributed by atoms with E-state index in [1.807, 2.05) is 12.1 Å². The van der Waals surface area contributed by atoms with Crippen molar-refractivity contribution in [3.63, 3.8) is 0 Å². The Morgan fingerprint density at radius 3 is 2.48 bits per heavy atom. The molecule has 0 spiro atoms. The van der Waals surface area contributed by atoms with E-state index in [0.29, 0.717) is 23.6 Å². The molecule has 0 fully saturated rings. The van der Waals surface area contributed by atoms with Crippen molar-refractivity contribution in [1.29, 1.82) is 0 Å². The molecule has 1 aromatic heterocycles. The van der Waals surface area contributed by atoms with Crippen LogP contribution >= 0.6 is 15.9 Å². The molecule has 0 saturated heterocycles. The first-order valence-electron chi connectivity index (χ1n) is 10.2. The molecule has 0 saturated carbocycles. The molecule has 0 radical (unpaired) electrons. The minimum absolute atomic E-state index is 0.0426. The number of rotatable bonds is 5. The van der Waals surface area contributed by atoms with Crippen LogP contribution < -0.4 is 15.1 Å². The zero-order chi connectivity index (χ0) is 23.1. The maximum Gasteiger partial charge on any atom is 0.295 e. The highest BCUT2D eigenvalue weighted by molar-refractivity contribution is 9.10. The Hall–Kier alpha value is -3.71. The number of fused-ring (bicyclic) bond motifs is 2. The predicted octanol–water partition coefficient (Wildman–Crippen LogP) is 6.01. The maximum atomic E-state index is 13.9. The molecule has 4 aromatic rings. The lowest BCUT2D eigenvalue weighted by Gasteiger charge is -2.25. The van der Waals surface area contributed by atoms with Crippen molar-refractivity contribution >= 4 is 38.5 Å². The van der Waals surface area contributed by atoms with Gasteiger partial charge in [-0.3, -0.25) is 14.5 Å². The van der Waals surface area contributed by atoms with Gasteiger partial charge in [-0.05, 0) is 60.2 Å². The fourth-order valence-corrected chi connectivity index (χ4v) is 4.29. The van der Waals surface area contributed by atoms with Gasteiger partial charge in [-0.1, -0.05) is 40.7 Å². The summed E-state index contributed by atoms with van der Waals surface area (Å²) >= 11 is 3.41. The summed E-state index contributed by atoms with van der Waals surface area (Å²) in [6, 6.07) is 17.3. The Labute approximate surface area is 196 Å². The normalized spacial score (nSPS) is 15.0. The van der Waals surface area contributed by atoms with Gasteiger partial charge in [0, 0.05) is 10.2 Å². The molecular formula is C26H17BrFNO4. The monoisotopic (exact) mass is 505 g/mol. The minimum Gasteiger partial charge on any atom is -0.490 e. The van der Waals surface area contributed by atoms with Crippen LogP contribution in [0.4, 0.5) is 10.1 Å². The van der Waals surface area contributed by atoms with Crippen LogP contribution in [0, 0.1) is 5.82 Å². The number of halogens is 2. The molecular weight excluding hydrogens is 489 g/mol. The highest BCUT2D eigenvalue weighted by Crippen LogP contribution is 2.41. The Bertz CT molecular complexity index is 1440. The molecule has 0 N–H and O–H groups in total. The third-order valence-corrected chi connectivity index (χ3v) is 6.03. The van der Waals surface area contributed by atoms with E-state index < -0.39 is 23.2 Å². The van der Waals surface area contributed by atoms with Gasteiger partial charge in [0.05, 0.1) is 17.0 Å². The van der Waals surface area contributed by atoms with E-state index >= 15 is 0 Å². The molecule has 1 unspecified atom stereocenters. The molecule has 0 aliphatic carbocycles. The summed E-state index contributed by atoms with van der Waals surface area (Å²) in [4.78, 5) is 28.5. The number of carbonyl (C=O) groups is 1. The number of benzene rings is 3. The standard InChI is InChI=1S/C26H17BrFNO4/c1-2-13-32-19-10-3-15(4-11-19)23-22-24(30)20-14-17(28)7-12-21(20)33-25(22)26(31)29(23)18-8-5-16(27)6-9-18/h2-12,14,23H,1,13H2. The molecule has 1 amide bonds. The summed E-state index contributed by atoms with van der Waals surface area (Å²) < 4.78 is 26.2. The number of nitrogens with zero attached hydrogens (tertiary/aromatic N) is 1. The molecule has 1 atom stereocenters. The third kappa shape index (κ3) is 3.64. The highest BCUT2D eigenvalue weighted by atomic mass is 79.9. The summed E-state index contributed by atoms with van der Waals surface area (Å²) in [5.41, 5.74) is 1.20. The van der Waals surface area contributed by atoms with E-state index in [0.717, 1.165) is 10.5 Å². The largest absolute Gasteiger partial charge is 0.490 e. The number of carbonyl (C=O) groups excluding carboxylic acids is 1. The zero-order valence-electron chi connectivity index (χ0n) is 17.3. The van der Waals surface area contributed by atoms with Crippen LogP contribution in [-0.4, -0.2) is 12.5 Å². The smallest absolute Gasteiger partial charge is 0.295 e. The van der Waals surface area contributed by atoms with Crippen molar-refractivity contribution in [2.75, 3.05) is 11.5 Å². The fraction of sp³-hybridized carbons (Fsp3) is 0.0769. The van der Waals surface area contributed by atoms with Crippen LogP contribution in [0.5, 0.6) is 5.75 Å². The summed E-state index contributed by atoms with van der Waals surface area (Å²) in [5.74, 6) is -0.401. The molecule has 7 heteroatoms.